The van der Waals surface area contributed by atoms with Gasteiger partial charge in [0.15, 0.2) is 0 Å². The van der Waals surface area contributed by atoms with Crippen LogP contribution in [0.3, 0.4) is 0 Å². The van der Waals surface area contributed by atoms with Gasteiger partial charge in [-0.05, 0) is 45.7 Å². The number of aromatic nitrogens is 1. The van der Waals surface area contributed by atoms with Gasteiger partial charge >= 0.3 is 0 Å². The van der Waals surface area contributed by atoms with Gasteiger partial charge in [0.1, 0.15) is 0 Å². The van der Waals surface area contributed by atoms with Crippen LogP contribution in [0.2, 0.25) is 0 Å². The van der Waals surface area contributed by atoms with Crippen molar-refractivity contribution < 1.29 is 0 Å². The van der Waals surface area contributed by atoms with E-state index in [9.17, 15) is 0 Å². The maximum absolute atomic E-state index is 4.72. The van der Waals surface area contributed by atoms with Gasteiger partial charge in [-0.2, -0.15) is 0 Å². The van der Waals surface area contributed by atoms with Crippen LogP contribution in [0.1, 0.15) is 41.3 Å². The fourth-order valence-electron chi connectivity index (χ4n) is 2.54. The van der Waals surface area contributed by atoms with Crippen molar-refractivity contribution in [2.24, 2.45) is 0 Å². The first kappa shape index (κ1) is 12.6. The molecule has 1 N–H and O–H groups in total. The lowest BCUT2D eigenvalue weighted by molar-refractivity contribution is 0.343. The summed E-state index contributed by atoms with van der Waals surface area (Å²) in [5.41, 5.74) is 1.24. The van der Waals surface area contributed by atoms with Gasteiger partial charge in [0.2, 0.25) is 0 Å². The minimum absolute atomic E-state index is 0.791. The highest BCUT2D eigenvalue weighted by atomic mass is 32.1. The molecule has 0 unspecified atom stereocenters. The zero-order chi connectivity index (χ0) is 12.4. The van der Waals surface area contributed by atoms with Gasteiger partial charge < -0.3 is 10.2 Å². The van der Waals surface area contributed by atoms with Crippen molar-refractivity contribution in [1.82, 2.24) is 15.2 Å². The molecule has 0 amide bonds. The quantitative estimate of drug-likeness (QED) is 0.856. The lowest BCUT2D eigenvalue weighted by Crippen LogP contribution is -2.21. The summed E-state index contributed by atoms with van der Waals surface area (Å²) >= 11 is 1.91. The Bertz CT molecular complexity index is 392. The second-order valence-electron chi connectivity index (χ2n) is 5.57. The van der Waals surface area contributed by atoms with Gasteiger partial charge in [0.25, 0.3) is 0 Å². The molecule has 1 aromatic heterocycles. The number of nitrogens with zero attached hydrogens (tertiary/aromatic N) is 2. The summed E-state index contributed by atoms with van der Waals surface area (Å²) in [6.45, 7) is 6.96. The van der Waals surface area contributed by atoms with E-state index in [-0.39, 0.29) is 0 Å². The van der Waals surface area contributed by atoms with E-state index < -0.39 is 0 Å². The molecular formula is C14H23N3S. The van der Waals surface area contributed by atoms with Crippen LogP contribution < -0.4 is 5.32 Å². The summed E-state index contributed by atoms with van der Waals surface area (Å²) in [5, 5.41) is 4.91. The highest BCUT2D eigenvalue weighted by molar-refractivity contribution is 7.11. The Kier molecular flexibility index (Phi) is 3.97. The molecule has 1 saturated heterocycles. The van der Waals surface area contributed by atoms with Gasteiger partial charge in [0.05, 0.1) is 10.7 Å². The predicted molar refractivity (Wildman–Crippen MR) is 76.1 cm³/mol. The molecule has 0 aromatic carbocycles. The van der Waals surface area contributed by atoms with Crippen LogP contribution in [-0.4, -0.2) is 35.6 Å². The largest absolute Gasteiger partial charge is 0.309 e. The average molecular weight is 265 g/mol. The molecule has 1 aliphatic carbocycles. The van der Waals surface area contributed by atoms with Crippen LogP contribution in [0, 0.1) is 6.92 Å². The van der Waals surface area contributed by atoms with E-state index >= 15 is 0 Å². The number of nitrogens with one attached hydrogen (secondary N) is 1. The second kappa shape index (κ2) is 5.68. The number of aryl methyl sites for hydroxylation is 1. The SMILES string of the molecule is Cc1nc(CCN2CCCC2)sc1CNC1CC1. The van der Waals surface area contributed by atoms with Crippen molar-refractivity contribution in [2.75, 3.05) is 19.6 Å². The number of thiazole rings is 1. The van der Waals surface area contributed by atoms with Crippen molar-refractivity contribution in [3.63, 3.8) is 0 Å². The van der Waals surface area contributed by atoms with Gasteiger partial charge in [-0.15, -0.1) is 11.3 Å². The Balaban J connectivity index is 1.50. The number of rotatable bonds is 6. The molecule has 4 heteroatoms. The van der Waals surface area contributed by atoms with Crippen molar-refractivity contribution in [3.8, 4) is 0 Å². The average Bonchev–Trinajstić information content (AvgIpc) is 2.91. The molecule has 1 aromatic rings. The molecular weight excluding hydrogens is 242 g/mol. The van der Waals surface area contributed by atoms with Crippen LogP contribution in [-0.2, 0) is 13.0 Å². The molecule has 3 nitrogen and oxygen atoms in total. The summed E-state index contributed by atoms with van der Waals surface area (Å²) in [6.07, 6.45) is 6.62. The first-order chi connectivity index (χ1) is 8.81. The zero-order valence-corrected chi connectivity index (χ0v) is 12.1. The zero-order valence-electron chi connectivity index (χ0n) is 11.2. The lowest BCUT2D eigenvalue weighted by Gasteiger charge is -2.12. The molecule has 100 valence electrons. The van der Waals surface area contributed by atoms with Gasteiger partial charge in [-0.1, -0.05) is 0 Å². The van der Waals surface area contributed by atoms with E-state index in [1.54, 1.807) is 0 Å². The monoisotopic (exact) mass is 265 g/mol. The molecule has 1 saturated carbocycles. The number of likely N-dealkylation sites (tertiary alicyclic amines) is 1. The van der Waals surface area contributed by atoms with E-state index in [1.165, 1.54) is 60.9 Å². The van der Waals surface area contributed by atoms with E-state index in [0.29, 0.717) is 0 Å². The normalized spacial score (nSPS) is 20.7. The summed E-state index contributed by atoms with van der Waals surface area (Å²) in [7, 11) is 0. The third-order valence-electron chi connectivity index (χ3n) is 3.91. The topological polar surface area (TPSA) is 28.2 Å². The fraction of sp³-hybridized carbons (Fsp3) is 0.786. The molecule has 0 radical (unpaired) electrons. The van der Waals surface area contributed by atoms with Crippen LogP contribution in [0.4, 0.5) is 0 Å². The smallest absolute Gasteiger partial charge is 0.0944 e. The lowest BCUT2D eigenvalue weighted by atomic mass is 10.3. The van der Waals surface area contributed by atoms with Crippen molar-refractivity contribution in [2.45, 2.75) is 51.6 Å². The maximum Gasteiger partial charge on any atom is 0.0944 e. The summed E-state index contributed by atoms with van der Waals surface area (Å²) in [4.78, 5) is 8.73. The molecule has 2 heterocycles. The van der Waals surface area contributed by atoms with Crippen LogP contribution in [0.15, 0.2) is 0 Å². The van der Waals surface area contributed by atoms with E-state index in [4.69, 9.17) is 4.98 Å². The third kappa shape index (κ3) is 3.31. The molecule has 18 heavy (non-hydrogen) atoms. The Morgan fingerprint density at radius 2 is 2.11 bits per heavy atom. The number of hydrogen-bond donors (Lipinski definition) is 1. The Labute approximate surface area is 114 Å². The van der Waals surface area contributed by atoms with Crippen molar-refractivity contribution in [1.29, 1.82) is 0 Å². The first-order valence-corrected chi connectivity index (χ1v) is 8.04. The highest BCUT2D eigenvalue weighted by Crippen LogP contribution is 2.23. The Morgan fingerprint density at radius 3 is 2.83 bits per heavy atom. The van der Waals surface area contributed by atoms with Gasteiger partial charge in [-0.3, -0.25) is 0 Å². The molecule has 0 atom stereocenters. The first-order valence-electron chi connectivity index (χ1n) is 7.22. The Morgan fingerprint density at radius 1 is 1.33 bits per heavy atom. The summed E-state index contributed by atoms with van der Waals surface area (Å²) < 4.78 is 0. The van der Waals surface area contributed by atoms with Crippen molar-refractivity contribution >= 4 is 11.3 Å². The molecule has 3 rings (SSSR count). The summed E-state index contributed by atoms with van der Waals surface area (Å²) in [6, 6.07) is 0.791. The molecule has 1 aliphatic heterocycles. The predicted octanol–water partition coefficient (Wildman–Crippen LogP) is 2.34. The fourth-order valence-corrected chi connectivity index (χ4v) is 3.55. The molecule has 2 fully saturated rings. The highest BCUT2D eigenvalue weighted by Gasteiger charge is 2.21. The Hall–Kier alpha value is -0.450. The van der Waals surface area contributed by atoms with Crippen LogP contribution >= 0.6 is 11.3 Å². The van der Waals surface area contributed by atoms with Gasteiger partial charge in [0, 0.05) is 30.4 Å². The van der Waals surface area contributed by atoms with Gasteiger partial charge in [-0.25, -0.2) is 4.98 Å². The minimum atomic E-state index is 0.791. The molecule has 2 aliphatic rings. The standard InChI is InChI=1S/C14H23N3S/c1-11-13(10-15-12-4-5-12)18-14(16-11)6-9-17-7-2-3-8-17/h12,15H,2-10H2,1H3. The van der Waals surface area contributed by atoms with Crippen molar-refractivity contribution in [3.05, 3.63) is 15.6 Å². The third-order valence-corrected chi connectivity index (χ3v) is 5.12. The van der Waals surface area contributed by atoms with E-state index in [0.717, 1.165) is 19.0 Å². The minimum Gasteiger partial charge on any atom is -0.309 e. The van der Waals surface area contributed by atoms with E-state index in [1.807, 2.05) is 11.3 Å². The van der Waals surface area contributed by atoms with Crippen LogP contribution in [0.25, 0.3) is 0 Å². The summed E-state index contributed by atoms with van der Waals surface area (Å²) in [5.74, 6) is 0. The maximum atomic E-state index is 4.72. The second-order valence-corrected chi connectivity index (χ2v) is 6.74. The van der Waals surface area contributed by atoms with E-state index in [2.05, 4.69) is 17.1 Å². The molecule has 0 spiro atoms. The molecule has 0 bridgehead atoms. The number of hydrogen-bond acceptors (Lipinski definition) is 4. The van der Waals surface area contributed by atoms with Crippen LogP contribution in [0.5, 0.6) is 0 Å².